The predicted octanol–water partition coefficient (Wildman–Crippen LogP) is 2.68. The number of amides is 1. The molecule has 0 saturated carbocycles. The zero-order chi connectivity index (χ0) is 21.3. The lowest BCUT2D eigenvalue weighted by Crippen LogP contribution is -2.24. The van der Waals surface area contributed by atoms with Crippen molar-refractivity contribution in [3.8, 4) is 5.13 Å². The lowest BCUT2D eigenvalue weighted by molar-refractivity contribution is 0.0954. The molecule has 11 heteroatoms. The van der Waals surface area contributed by atoms with E-state index < -0.39 is 0 Å². The van der Waals surface area contributed by atoms with E-state index in [4.69, 9.17) is 0 Å². The minimum absolute atomic E-state index is 0.206. The average molecular weight is 445 g/mol. The van der Waals surface area contributed by atoms with Gasteiger partial charge in [0.15, 0.2) is 5.13 Å². The fourth-order valence-electron chi connectivity index (χ4n) is 2.77. The van der Waals surface area contributed by atoms with E-state index in [2.05, 4.69) is 20.4 Å². The second-order valence-corrected chi connectivity index (χ2v) is 8.80. The Labute approximate surface area is 178 Å². The van der Waals surface area contributed by atoms with E-state index in [0.717, 1.165) is 26.8 Å². The van der Waals surface area contributed by atoms with Crippen LogP contribution in [0.5, 0.6) is 0 Å². The van der Waals surface area contributed by atoms with Crippen molar-refractivity contribution in [3.05, 3.63) is 79.1 Å². The van der Waals surface area contributed by atoms with Gasteiger partial charge in [0.2, 0.25) is 0 Å². The molecule has 0 radical (unpaired) electrons. The summed E-state index contributed by atoms with van der Waals surface area (Å²) in [6.07, 6.45) is 3.10. The monoisotopic (exact) mass is 444 g/mol. The number of aromatic nitrogens is 5. The normalized spacial score (nSPS) is 11.0. The summed E-state index contributed by atoms with van der Waals surface area (Å²) in [5.41, 5.74) is 0.892. The summed E-state index contributed by atoms with van der Waals surface area (Å²) in [4.78, 5) is 35.2. The van der Waals surface area contributed by atoms with Crippen LogP contribution < -0.4 is 11.0 Å². The maximum absolute atomic E-state index is 13.1. The number of carbonyl (C=O) groups excluding carboxylic acids is 1. The van der Waals surface area contributed by atoms with Gasteiger partial charge in [-0.3, -0.25) is 4.79 Å². The molecule has 3 heterocycles. The number of nitrogens with one attached hydrogen (secondary N) is 1. The summed E-state index contributed by atoms with van der Waals surface area (Å²) in [7, 11) is 0. The first-order valence-electron chi connectivity index (χ1n) is 8.97. The first-order chi connectivity index (χ1) is 14.4. The van der Waals surface area contributed by atoms with Gasteiger partial charge in [-0.2, -0.15) is 5.10 Å². The van der Waals surface area contributed by atoms with Crippen molar-refractivity contribution in [1.82, 2.24) is 29.6 Å². The second-order valence-electron chi connectivity index (χ2n) is 6.51. The maximum atomic E-state index is 13.1. The molecule has 30 heavy (non-hydrogen) atoms. The lowest BCUT2D eigenvalue weighted by Gasteiger charge is -2.01. The van der Waals surface area contributed by atoms with Gasteiger partial charge in [0.05, 0.1) is 23.8 Å². The van der Waals surface area contributed by atoms with Crippen molar-refractivity contribution >= 4 is 28.6 Å². The smallest absolute Gasteiger partial charge is 0.346 e. The summed E-state index contributed by atoms with van der Waals surface area (Å²) in [6, 6.07) is 5.86. The van der Waals surface area contributed by atoms with Gasteiger partial charge in [-0.05, 0) is 31.5 Å². The molecular weight excluding hydrogens is 427 g/mol. The molecule has 0 fully saturated rings. The Bertz CT molecular complexity index is 1250. The van der Waals surface area contributed by atoms with E-state index in [-0.39, 0.29) is 24.0 Å². The molecule has 8 nitrogen and oxygen atoms in total. The zero-order valence-electron chi connectivity index (χ0n) is 16.1. The highest BCUT2D eigenvalue weighted by atomic mass is 32.1. The molecule has 0 unspecified atom stereocenters. The highest BCUT2D eigenvalue weighted by Crippen LogP contribution is 2.21. The standard InChI is InChI=1S/C19H17FN6O2S2/c1-11-16(17(27)22-8-15-7-21-12(2)29-15)30-18(24-11)25-10-23-26(19(25)28)9-13-3-5-14(20)6-4-13/h3-7,10H,8-9H2,1-2H3,(H,22,27). The number of rotatable bonds is 6. The fraction of sp³-hybridized carbons (Fsp3) is 0.211. The molecule has 0 aliphatic rings. The van der Waals surface area contributed by atoms with Crippen LogP contribution in [0, 0.1) is 19.7 Å². The Morgan fingerprint density at radius 3 is 2.67 bits per heavy atom. The topological polar surface area (TPSA) is 94.7 Å². The average Bonchev–Trinajstić information content (AvgIpc) is 3.41. The van der Waals surface area contributed by atoms with Crippen molar-refractivity contribution in [3.63, 3.8) is 0 Å². The summed E-state index contributed by atoms with van der Waals surface area (Å²) < 4.78 is 15.6. The van der Waals surface area contributed by atoms with Gasteiger partial charge in [0.1, 0.15) is 17.0 Å². The van der Waals surface area contributed by atoms with Gasteiger partial charge in [-0.25, -0.2) is 28.4 Å². The lowest BCUT2D eigenvalue weighted by atomic mass is 10.2. The van der Waals surface area contributed by atoms with Gasteiger partial charge in [0.25, 0.3) is 5.91 Å². The van der Waals surface area contributed by atoms with E-state index >= 15 is 0 Å². The van der Waals surface area contributed by atoms with Crippen LogP contribution in [0.25, 0.3) is 5.13 Å². The van der Waals surface area contributed by atoms with Crippen LogP contribution in [0.3, 0.4) is 0 Å². The molecule has 3 aromatic heterocycles. The molecule has 4 rings (SSSR count). The third-order valence-electron chi connectivity index (χ3n) is 4.27. The van der Waals surface area contributed by atoms with Gasteiger partial charge in [-0.15, -0.1) is 11.3 Å². The summed E-state index contributed by atoms with van der Waals surface area (Å²) in [5, 5.41) is 8.26. The second kappa shape index (κ2) is 8.28. The largest absolute Gasteiger partial charge is 0.352 e. The number of thiazole rings is 2. The Balaban J connectivity index is 1.51. The first kappa shape index (κ1) is 20.1. The van der Waals surface area contributed by atoms with E-state index in [9.17, 15) is 14.0 Å². The molecule has 4 aromatic rings. The summed E-state index contributed by atoms with van der Waals surface area (Å²) in [5.74, 6) is -0.597. The van der Waals surface area contributed by atoms with E-state index in [0.29, 0.717) is 22.2 Å². The molecule has 154 valence electrons. The van der Waals surface area contributed by atoms with E-state index in [1.807, 2.05) is 6.92 Å². The highest BCUT2D eigenvalue weighted by Gasteiger charge is 2.18. The van der Waals surface area contributed by atoms with Crippen LogP contribution >= 0.6 is 22.7 Å². The van der Waals surface area contributed by atoms with Crippen LogP contribution in [0.2, 0.25) is 0 Å². The number of benzene rings is 1. The molecule has 0 atom stereocenters. The molecule has 1 aromatic carbocycles. The van der Waals surface area contributed by atoms with Crippen molar-refractivity contribution in [2.45, 2.75) is 26.9 Å². The minimum atomic E-state index is -0.389. The Kier molecular flexibility index (Phi) is 5.55. The Morgan fingerprint density at radius 1 is 1.20 bits per heavy atom. The maximum Gasteiger partial charge on any atom is 0.352 e. The van der Waals surface area contributed by atoms with Crippen LogP contribution in [-0.2, 0) is 13.1 Å². The summed E-state index contributed by atoms with van der Waals surface area (Å²) >= 11 is 2.64. The van der Waals surface area contributed by atoms with Crippen LogP contribution in [0.1, 0.15) is 30.8 Å². The van der Waals surface area contributed by atoms with Crippen LogP contribution in [-0.4, -0.2) is 30.2 Å². The SMILES string of the molecule is Cc1ncc(CNC(=O)c2sc(-n3cnn(Cc4ccc(F)cc4)c3=O)nc2C)s1. The number of hydrogen-bond donors (Lipinski definition) is 1. The first-order valence-corrected chi connectivity index (χ1v) is 10.6. The van der Waals surface area contributed by atoms with Crippen LogP contribution in [0.4, 0.5) is 4.39 Å². The number of halogens is 1. The number of carbonyl (C=O) groups is 1. The molecule has 0 spiro atoms. The number of hydrogen-bond acceptors (Lipinski definition) is 7. The third-order valence-corrected chi connectivity index (χ3v) is 6.34. The Morgan fingerprint density at radius 2 is 1.97 bits per heavy atom. The van der Waals surface area contributed by atoms with Gasteiger partial charge >= 0.3 is 5.69 Å². The van der Waals surface area contributed by atoms with Crippen molar-refractivity contribution in [2.24, 2.45) is 0 Å². The van der Waals surface area contributed by atoms with Crippen LogP contribution in [0.15, 0.2) is 41.6 Å². The van der Waals surface area contributed by atoms with E-state index in [1.165, 1.54) is 39.0 Å². The van der Waals surface area contributed by atoms with E-state index in [1.54, 1.807) is 25.3 Å². The van der Waals surface area contributed by atoms with Gasteiger partial charge in [-0.1, -0.05) is 23.5 Å². The zero-order valence-corrected chi connectivity index (χ0v) is 17.8. The molecule has 1 amide bonds. The van der Waals surface area contributed by atoms with Crippen molar-refractivity contribution in [2.75, 3.05) is 0 Å². The molecule has 0 saturated heterocycles. The van der Waals surface area contributed by atoms with Gasteiger partial charge in [0, 0.05) is 11.1 Å². The Hall–Kier alpha value is -3.18. The molecule has 0 aliphatic heterocycles. The van der Waals surface area contributed by atoms with Crippen molar-refractivity contribution < 1.29 is 9.18 Å². The van der Waals surface area contributed by atoms with Crippen molar-refractivity contribution in [1.29, 1.82) is 0 Å². The quantitative estimate of drug-likeness (QED) is 0.493. The number of aryl methyl sites for hydroxylation is 2. The predicted molar refractivity (Wildman–Crippen MR) is 112 cm³/mol. The molecule has 0 aliphatic carbocycles. The molecule has 0 bridgehead atoms. The minimum Gasteiger partial charge on any atom is -0.346 e. The highest BCUT2D eigenvalue weighted by molar-refractivity contribution is 7.16. The summed E-state index contributed by atoms with van der Waals surface area (Å²) in [6.45, 7) is 4.22. The fourth-order valence-corrected chi connectivity index (χ4v) is 4.45. The molecular formula is C19H17FN6O2S2. The number of nitrogens with zero attached hydrogens (tertiary/aromatic N) is 5. The van der Waals surface area contributed by atoms with Gasteiger partial charge < -0.3 is 5.32 Å². The third kappa shape index (κ3) is 4.21. The molecule has 1 N–H and O–H groups in total.